The molecule has 2 aliphatic heterocycles. The highest BCUT2D eigenvalue weighted by atomic mass is 16.2. The van der Waals surface area contributed by atoms with Gasteiger partial charge in [-0.1, -0.05) is 36.4 Å². The second-order valence-electron chi connectivity index (χ2n) is 7.45. The lowest BCUT2D eigenvalue weighted by Crippen LogP contribution is -2.54. The molecule has 130 valence electrons. The van der Waals surface area contributed by atoms with Crippen LogP contribution in [0.2, 0.25) is 0 Å². The summed E-state index contributed by atoms with van der Waals surface area (Å²) in [7, 11) is 0. The molecule has 1 atom stereocenters. The molecule has 4 nitrogen and oxygen atoms in total. The summed E-state index contributed by atoms with van der Waals surface area (Å²) in [6.07, 6.45) is 5.91. The van der Waals surface area contributed by atoms with Crippen LogP contribution in [0.5, 0.6) is 0 Å². The Kier molecular flexibility index (Phi) is 4.43. The molecular formula is C21H25N3O. The SMILES string of the molecule is O=C1CC[C@@]2(CCCN(c3ccccn3)C2)CN1Cc1ccccc1. The highest BCUT2D eigenvalue weighted by Crippen LogP contribution is 2.40. The quantitative estimate of drug-likeness (QED) is 0.861. The van der Waals surface area contributed by atoms with Crippen LogP contribution >= 0.6 is 0 Å². The molecular weight excluding hydrogens is 310 g/mol. The van der Waals surface area contributed by atoms with Gasteiger partial charge in [0.05, 0.1) is 0 Å². The molecule has 0 N–H and O–H groups in total. The molecule has 2 aliphatic rings. The van der Waals surface area contributed by atoms with Crippen molar-refractivity contribution in [2.75, 3.05) is 24.5 Å². The van der Waals surface area contributed by atoms with Crippen molar-refractivity contribution in [1.29, 1.82) is 0 Å². The number of hydrogen-bond acceptors (Lipinski definition) is 3. The summed E-state index contributed by atoms with van der Waals surface area (Å²) in [5.41, 5.74) is 1.42. The number of nitrogens with zero attached hydrogens (tertiary/aromatic N) is 3. The molecule has 0 radical (unpaired) electrons. The average molecular weight is 335 g/mol. The van der Waals surface area contributed by atoms with Crippen molar-refractivity contribution in [3.05, 3.63) is 60.3 Å². The van der Waals surface area contributed by atoms with Gasteiger partial charge in [-0.2, -0.15) is 0 Å². The maximum absolute atomic E-state index is 12.5. The minimum absolute atomic E-state index is 0.207. The summed E-state index contributed by atoms with van der Waals surface area (Å²) >= 11 is 0. The zero-order chi connectivity index (χ0) is 17.1. The number of anilines is 1. The van der Waals surface area contributed by atoms with E-state index in [1.807, 2.05) is 30.5 Å². The second kappa shape index (κ2) is 6.87. The standard InChI is InChI=1S/C21H25N3O/c25-20-10-12-21(17-24(20)15-18-7-2-1-3-8-18)11-6-14-23(16-21)19-9-4-5-13-22-19/h1-5,7-9,13H,6,10-12,14-17H2/t21-/m1/s1. The fourth-order valence-electron chi connectivity index (χ4n) is 4.33. The van der Waals surface area contributed by atoms with Crippen LogP contribution in [-0.2, 0) is 11.3 Å². The lowest BCUT2D eigenvalue weighted by atomic mass is 9.73. The van der Waals surface area contributed by atoms with E-state index in [1.165, 1.54) is 18.4 Å². The first-order valence-corrected chi connectivity index (χ1v) is 9.22. The molecule has 1 spiro atoms. The van der Waals surface area contributed by atoms with Gasteiger partial charge < -0.3 is 9.80 Å². The Morgan fingerprint density at radius 2 is 1.84 bits per heavy atom. The van der Waals surface area contributed by atoms with E-state index in [0.717, 1.165) is 38.4 Å². The number of amides is 1. The van der Waals surface area contributed by atoms with E-state index in [-0.39, 0.29) is 5.41 Å². The molecule has 0 aliphatic carbocycles. The maximum atomic E-state index is 12.5. The largest absolute Gasteiger partial charge is 0.356 e. The summed E-state index contributed by atoms with van der Waals surface area (Å²) in [4.78, 5) is 21.5. The zero-order valence-electron chi connectivity index (χ0n) is 14.6. The number of carbonyl (C=O) groups excluding carboxylic acids is 1. The fourth-order valence-corrected chi connectivity index (χ4v) is 4.33. The first kappa shape index (κ1) is 16.1. The van der Waals surface area contributed by atoms with Crippen molar-refractivity contribution in [2.45, 2.75) is 32.2 Å². The number of rotatable bonds is 3. The predicted octanol–water partition coefficient (Wildman–Crippen LogP) is 3.49. The molecule has 0 bridgehead atoms. The Balaban J connectivity index is 1.50. The third kappa shape index (κ3) is 3.53. The molecule has 4 heteroatoms. The number of likely N-dealkylation sites (tertiary alicyclic amines) is 1. The molecule has 4 rings (SSSR count). The Morgan fingerprint density at radius 1 is 1.00 bits per heavy atom. The van der Waals surface area contributed by atoms with Crippen LogP contribution in [-0.4, -0.2) is 35.4 Å². The summed E-state index contributed by atoms with van der Waals surface area (Å²) in [5.74, 6) is 1.36. The highest BCUT2D eigenvalue weighted by Gasteiger charge is 2.41. The normalized spacial score (nSPS) is 23.9. The number of hydrogen-bond donors (Lipinski definition) is 0. The topological polar surface area (TPSA) is 36.4 Å². The number of piperidine rings is 2. The van der Waals surface area contributed by atoms with Crippen LogP contribution < -0.4 is 4.90 Å². The van der Waals surface area contributed by atoms with Gasteiger partial charge >= 0.3 is 0 Å². The number of aromatic nitrogens is 1. The first-order chi connectivity index (χ1) is 12.2. The molecule has 0 saturated carbocycles. The smallest absolute Gasteiger partial charge is 0.222 e. The maximum Gasteiger partial charge on any atom is 0.222 e. The Morgan fingerprint density at radius 3 is 2.64 bits per heavy atom. The van der Waals surface area contributed by atoms with Crippen LogP contribution in [0, 0.1) is 5.41 Å². The van der Waals surface area contributed by atoms with Crippen molar-refractivity contribution in [3.63, 3.8) is 0 Å². The van der Waals surface area contributed by atoms with Gasteiger partial charge in [-0.25, -0.2) is 4.98 Å². The number of carbonyl (C=O) groups is 1. The molecule has 1 aromatic carbocycles. The van der Waals surface area contributed by atoms with Crippen LogP contribution in [0.4, 0.5) is 5.82 Å². The lowest BCUT2D eigenvalue weighted by Gasteiger charge is -2.48. The number of pyridine rings is 1. The van der Waals surface area contributed by atoms with Gasteiger partial charge in [0.25, 0.3) is 0 Å². The van der Waals surface area contributed by atoms with Crippen LogP contribution in [0.1, 0.15) is 31.2 Å². The highest BCUT2D eigenvalue weighted by molar-refractivity contribution is 5.77. The summed E-state index contributed by atoms with van der Waals surface area (Å²) < 4.78 is 0. The molecule has 1 amide bonds. The number of benzene rings is 1. The van der Waals surface area contributed by atoms with Crippen molar-refractivity contribution in [2.24, 2.45) is 5.41 Å². The van der Waals surface area contributed by atoms with E-state index in [4.69, 9.17) is 0 Å². The van der Waals surface area contributed by atoms with Crippen molar-refractivity contribution < 1.29 is 4.79 Å². The van der Waals surface area contributed by atoms with Gasteiger partial charge in [-0.05, 0) is 37.0 Å². The third-order valence-corrected chi connectivity index (χ3v) is 5.60. The molecule has 0 unspecified atom stereocenters. The van der Waals surface area contributed by atoms with Crippen LogP contribution in [0.25, 0.3) is 0 Å². The third-order valence-electron chi connectivity index (χ3n) is 5.60. The van der Waals surface area contributed by atoms with E-state index in [0.29, 0.717) is 12.3 Å². The minimum atomic E-state index is 0.207. The molecule has 1 aromatic heterocycles. The molecule has 3 heterocycles. The molecule has 25 heavy (non-hydrogen) atoms. The summed E-state index contributed by atoms with van der Waals surface area (Å²) in [6.45, 7) is 3.66. The van der Waals surface area contributed by atoms with Gasteiger partial charge in [-0.3, -0.25) is 4.79 Å². The monoisotopic (exact) mass is 335 g/mol. The van der Waals surface area contributed by atoms with Gasteiger partial charge in [0.2, 0.25) is 5.91 Å². The van der Waals surface area contributed by atoms with Crippen molar-refractivity contribution in [1.82, 2.24) is 9.88 Å². The first-order valence-electron chi connectivity index (χ1n) is 9.22. The van der Waals surface area contributed by atoms with E-state index in [1.54, 1.807) is 0 Å². The van der Waals surface area contributed by atoms with Gasteiger partial charge in [0.1, 0.15) is 5.82 Å². The van der Waals surface area contributed by atoms with Crippen molar-refractivity contribution in [3.8, 4) is 0 Å². The van der Waals surface area contributed by atoms with E-state index in [9.17, 15) is 4.79 Å². The zero-order valence-corrected chi connectivity index (χ0v) is 14.6. The second-order valence-corrected chi connectivity index (χ2v) is 7.45. The van der Waals surface area contributed by atoms with Gasteiger partial charge in [0, 0.05) is 44.2 Å². The van der Waals surface area contributed by atoms with Crippen molar-refractivity contribution >= 4 is 11.7 Å². The predicted molar refractivity (Wildman–Crippen MR) is 99.2 cm³/mol. The lowest BCUT2D eigenvalue weighted by molar-refractivity contribution is -0.138. The van der Waals surface area contributed by atoms with E-state index < -0.39 is 0 Å². The minimum Gasteiger partial charge on any atom is -0.356 e. The Hall–Kier alpha value is -2.36. The Bertz CT molecular complexity index is 718. The van der Waals surface area contributed by atoms with E-state index in [2.05, 4.69) is 39.0 Å². The summed E-state index contributed by atoms with van der Waals surface area (Å²) in [6, 6.07) is 16.4. The van der Waals surface area contributed by atoms with Crippen LogP contribution in [0.3, 0.4) is 0 Å². The molecule has 2 aromatic rings. The van der Waals surface area contributed by atoms with E-state index >= 15 is 0 Å². The summed E-state index contributed by atoms with van der Waals surface area (Å²) in [5, 5.41) is 0. The van der Waals surface area contributed by atoms with Gasteiger partial charge in [-0.15, -0.1) is 0 Å². The fraction of sp³-hybridized carbons (Fsp3) is 0.429. The molecule has 2 fully saturated rings. The average Bonchev–Trinajstić information content (AvgIpc) is 2.67. The van der Waals surface area contributed by atoms with Crippen LogP contribution in [0.15, 0.2) is 54.7 Å². The molecule has 2 saturated heterocycles. The van der Waals surface area contributed by atoms with Gasteiger partial charge in [0.15, 0.2) is 0 Å². The Labute approximate surface area is 149 Å².